The average Bonchev–Trinajstić information content (AvgIpc) is 3.28. The molecule has 1 aliphatic rings. The Balaban J connectivity index is 1.50. The number of anilines is 1. The van der Waals surface area contributed by atoms with E-state index in [0.717, 1.165) is 12.0 Å². The van der Waals surface area contributed by atoms with Crippen LogP contribution in [0.5, 0.6) is 0 Å². The highest BCUT2D eigenvalue weighted by Crippen LogP contribution is 2.27. The summed E-state index contributed by atoms with van der Waals surface area (Å²) in [6.45, 7) is 5.13. The maximum absolute atomic E-state index is 13.1. The Morgan fingerprint density at radius 3 is 2.45 bits per heavy atom. The van der Waals surface area contributed by atoms with Gasteiger partial charge in [0.25, 0.3) is 5.91 Å². The third-order valence-electron chi connectivity index (χ3n) is 5.43. The number of benzene rings is 2. The van der Waals surface area contributed by atoms with Crippen molar-refractivity contribution >= 4 is 21.6 Å². The van der Waals surface area contributed by atoms with E-state index in [4.69, 9.17) is 4.42 Å². The zero-order chi connectivity index (χ0) is 22.0. The predicted molar refractivity (Wildman–Crippen MR) is 118 cm³/mol. The van der Waals surface area contributed by atoms with Gasteiger partial charge in [0.15, 0.2) is 12.2 Å². The number of piperidine rings is 1. The van der Waals surface area contributed by atoms with Gasteiger partial charge in [-0.05, 0) is 60.7 Å². The fourth-order valence-corrected chi connectivity index (χ4v) is 5.75. The Morgan fingerprint density at radius 2 is 1.81 bits per heavy atom. The van der Waals surface area contributed by atoms with Crippen molar-refractivity contribution in [1.82, 2.24) is 9.29 Å². The molecule has 31 heavy (non-hydrogen) atoms. The number of nitrogens with zero attached hydrogens (tertiary/aromatic N) is 2. The molecule has 2 atom stereocenters. The smallest absolute Gasteiger partial charge is 0.255 e. The second-order valence-electron chi connectivity index (χ2n) is 8.19. The monoisotopic (exact) mass is 439 g/mol. The molecule has 0 bridgehead atoms. The molecule has 2 heterocycles. The Bertz CT molecular complexity index is 1150. The van der Waals surface area contributed by atoms with Crippen LogP contribution in [-0.2, 0) is 10.0 Å². The first-order valence-corrected chi connectivity index (χ1v) is 11.7. The molecule has 1 aliphatic heterocycles. The summed E-state index contributed by atoms with van der Waals surface area (Å²) in [5.74, 6) is 0.886. The molecule has 1 saturated heterocycles. The molecule has 0 saturated carbocycles. The van der Waals surface area contributed by atoms with E-state index in [0.29, 0.717) is 41.9 Å². The van der Waals surface area contributed by atoms with E-state index in [1.165, 1.54) is 16.8 Å². The molecular formula is C23H25N3O4S. The molecule has 3 aromatic rings. The summed E-state index contributed by atoms with van der Waals surface area (Å²) >= 11 is 0. The van der Waals surface area contributed by atoms with Crippen LogP contribution in [-0.4, -0.2) is 36.7 Å². The van der Waals surface area contributed by atoms with Crippen molar-refractivity contribution in [1.29, 1.82) is 0 Å². The lowest BCUT2D eigenvalue weighted by Crippen LogP contribution is -2.42. The Kier molecular flexibility index (Phi) is 5.93. The van der Waals surface area contributed by atoms with Crippen LogP contribution in [0, 0.1) is 11.8 Å². The summed E-state index contributed by atoms with van der Waals surface area (Å²) in [6.07, 6.45) is 3.99. The first-order chi connectivity index (χ1) is 14.8. The van der Waals surface area contributed by atoms with Crippen molar-refractivity contribution in [3.8, 4) is 11.3 Å². The second-order valence-corrected chi connectivity index (χ2v) is 10.1. The number of rotatable bonds is 5. The van der Waals surface area contributed by atoms with Crippen LogP contribution in [0.3, 0.4) is 0 Å². The summed E-state index contributed by atoms with van der Waals surface area (Å²) in [5, 5.41) is 2.81. The lowest BCUT2D eigenvalue weighted by atomic mass is 9.94. The number of nitrogens with one attached hydrogen (secondary N) is 1. The quantitative estimate of drug-likeness (QED) is 0.641. The van der Waals surface area contributed by atoms with Gasteiger partial charge >= 0.3 is 0 Å². The van der Waals surface area contributed by atoms with E-state index in [-0.39, 0.29) is 10.8 Å². The van der Waals surface area contributed by atoms with Crippen molar-refractivity contribution in [2.45, 2.75) is 25.2 Å². The number of carbonyl (C=O) groups is 1. The third-order valence-corrected chi connectivity index (χ3v) is 7.26. The molecule has 162 valence electrons. The molecule has 0 spiro atoms. The first kappa shape index (κ1) is 21.3. The van der Waals surface area contributed by atoms with Crippen molar-refractivity contribution in [3.05, 3.63) is 66.7 Å². The zero-order valence-corrected chi connectivity index (χ0v) is 18.3. The third kappa shape index (κ3) is 4.70. The van der Waals surface area contributed by atoms with Gasteiger partial charge in [0.1, 0.15) is 0 Å². The number of amides is 1. The SMILES string of the molecule is CC1CC(C)CN(S(=O)(=O)c2cccc(C(=O)Nc3ccc(-c4cnco4)cc3)c2)C1. The van der Waals surface area contributed by atoms with E-state index >= 15 is 0 Å². The number of oxazole rings is 1. The van der Waals surface area contributed by atoms with Crippen molar-refractivity contribution in [2.75, 3.05) is 18.4 Å². The highest BCUT2D eigenvalue weighted by atomic mass is 32.2. The van der Waals surface area contributed by atoms with Gasteiger partial charge in [0.2, 0.25) is 10.0 Å². The van der Waals surface area contributed by atoms with Crippen molar-refractivity contribution < 1.29 is 17.6 Å². The van der Waals surface area contributed by atoms with Crippen LogP contribution < -0.4 is 5.32 Å². The molecule has 7 nitrogen and oxygen atoms in total. The second kappa shape index (κ2) is 8.64. The standard InChI is InChI=1S/C23H25N3O4S/c1-16-10-17(2)14-26(13-16)31(28,29)21-5-3-4-19(11-21)23(27)25-20-8-6-18(7-9-20)22-12-24-15-30-22/h3-9,11-12,15-17H,10,13-14H2,1-2H3,(H,25,27). The van der Waals surface area contributed by atoms with E-state index in [1.54, 1.807) is 36.5 Å². The normalized spacial score (nSPS) is 19.8. The highest BCUT2D eigenvalue weighted by molar-refractivity contribution is 7.89. The van der Waals surface area contributed by atoms with Gasteiger partial charge in [-0.15, -0.1) is 0 Å². The molecule has 1 fully saturated rings. The maximum atomic E-state index is 13.1. The van der Waals surface area contributed by atoms with Crippen LogP contribution in [0.4, 0.5) is 5.69 Å². The van der Waals surface area contributed by atoms with Gasteiger partial charge in [-0.3, -0.25) is 4.79 Å². The molecule has 4 rings (SSSR count). The molecule has 1 aromatic heterocycles. The Labute approximate surface area is 182 Å². The summed E-state index contributed by atoms with van der Waals surface area (Å²) in [7, 11) is -3.65. The van der Waals surface area contributed by atoms with Gasteiger partial charge in [-0.2, -0.15) is 4.31 Å². The van der Waals surface area contributed by atoms with Gasteiger partial charge in [0.05, 0.1) is 11.1 Å². The molecule has 0 radical (unpaired) electrons. The zero-order valence-electron chi connectivity index (χ0n) is 17.5. The van der Waals surface area contributed by atoms with Crippen LogP contribution in [0.25, 0.3) is 11.3 Å². The van der Waals surface area contributed by atoms with E-state index in [2.05, 4.69) is 24.1 Å². The van der Waals surface area contributed by atoms with Gasteiger partial charge < -0.3 is 9.73 Å². The van der Waals surface area contributed by atoms with Gasteiger partial charge in [-0.1, -0.05) is 19.9 Å². The summed E-state index contributed by atoms with van der Waals surface area (Å²) in [5.41, 5.74) is 1.73. The summed E-state index contributed by atoms with van der Waals surface area (Å²) in [6, 6.07) is 13.3. The highest BCUT2D eigenvalue weighted by Gasteiger charge is 2.32. The van der Waals surface area contributed by atoms with Crippen LogP contribution in [0.2, 0.25) is 0 Å². The number of carbonyl (C=O) groups excluding carboxylic acids is 1. The number of hydrogen-bond acceptors (Lipinski definition) is 5. The lowest BCUT2D eigenvalue weighted by molar-refractivity contribution is 0.102. The molecular weight excluding hydrogens is 414 g/mol. The molecule has 8 heteroatoms. The minimum absolute atomic E-state index is 0.141. The predicted octanol–water partition coefficient (Wildman–Crippen LogP) is 4.26. The first-order valence-electron chi connectivity index (χ1n) is 10.2. The minimum Gasteiger partial charge on any atom is -0.444 e. The molecule has 2 unspecified atom stereocenters. The largest absolute Gasteiger partial charge is 0.444 e. The van der Waals surface area contributed by atoms with Crippen molar-refractivity contribution in [2.24, 2.45) is 11.8 Å². The summed E-state index contributed by atoms with van der Waals surface area (Å²) < 4.78 is 33.1. The molecule has 0 aliphatic carbocycles. The van der Waals surface area contributed by atoms with Gasteiger partial charge in [-0.25, -0.2) is 13.4 Å². The topological polar surface area (TPSA) is 92.5 Å². The van der Waals surface area contributed by atoms with Gasteiger partial charge in [0, 0.05) is 29.9 Å². The molecule has 1 N–H and O–H groups in total. The van der Waals surface area contributed by atoms with E-state index in [1.807, 2.05) is 12.1 Å². The van der Waals surface area contributed by atoms with E-state index in [9.17, 15) is 13.2 Å². The lowest BCUT2D eigenvalue weighted by Gasteiger charge is -2.34. The number of hydrogen-bond donors (Lipinski definition) is 1. The fourth-order valence-electron chi connectivity index (χ4n) is 4.03. The minimum atomic E-state index is -3.65. The Hall–Kier alpha value is -2.97. The molecule has 1 amide bonds. The molecule has 2 aromatic carbocycles. The average molecular weight is 440 g/mol. The maximum Gasteiger partial charge on any atom is 0.255 e. The van der Waals surface area contributed by atoms with E-state index < -0.39 is 10.0 Å². The van der Waals surface area contributed by atoms with Crippen LogP contribution in [0.15, 0.2) is 70.4 Å². The fraction of sp³-hybridized carbons (Fsp3) is 0.304. The summed E-state index contributed by atoms with van der Waals surface area (Å²) in [4.78, 5) is 16.8. The Morgan fingerprint density at radius 1 is 1.10 bits per heavy atom. The number of aromatic nitrogens is 1. The van der Waals surface area contributed by atoms with Crippen molar-refractivity contribution in [3.63, 3.8) is 0 Å². The number of sulfonamides is 1. The van der Waals surface area contributed by atoms with Crippen LogP contribution in [0.1, 0.15) is 30.6 Å². The van der Waals surface area contributed by atoms with Crippen LogP contribution >= 0.6 is 0 Å².